The lowest BCUT2D eigenvalue weighted by Crippen LogP contribution is -2.19. The van der Waals surface area contributed by atoms with Crippen LogP contribution in [-0.2, 0) is 11.2 Å². The molecule has 2 heterocycles. The summed E-state index contributed by atoms with van der Waals surface area (Å²) in [6.45, 7) is 4.83. The van der Waals surface area contributed by atoms with E-state index in [4.69, 9.17) is 4.74 Å². The van der Waals surface area contributed by atoms with Crippen LogP contribution in [-0.4, -0.2) is 22.2 Å². The lowest BCUT2D eigenvalue weighted by atomic mass is 9.89. The molecule has 1 fully saturated rings. The van der Waals surface area contributed by atoms with E-state index >= 15 is 0 Å². The monoisotopic (exact) mass is 362 g/mol. The van der Waals surface area contributed by atoms with E-state index in [0.29, 0.717) is 0 Å². The number of benzene rings is 1. The van der Waals surface area contributed by atoms with Gasteiger partial charge in [0.1, 0.15) is 0 Å². The second-order valence-corrected chi connectivity index (χ2v) is 7.75. The van der Waals surface area contributed by atoms with Crippen LogP contribution in [0.5, 0.6) is 0 Å². The fraction of sp³-hybridized carbons (Fsp3) is 0.529. The van der Waals surface area contributed by atoms with Gasteiger partial charge in [-0.2, -0.15) is 5.10 Å². The number of fused-ring (bicyclic) bond motifs is 2. The highest BCUT2D eigenvalue weighted by Crippen LogP contribution is 2.43. The zero-order valence-corrected chi connectivity index (χ0v) is 14.4. The van der Waals surface area contributed by atoms with Crippen LogP contribution in [0.3, 0.4) is 0 Å². The minimum Gasteiger partial charge on any atom is -0.356 e. The van der Waals surface area contributed by atoms with Crippen LogP contribution in [0.25, 0.3) is 10.9 Å². The smallest absolute Gasteiger partial charge is 0.170 e. The summed E-state index contributed by atoms with van der Waals surface area (Å²) in [6.07, 6.45) is 5.93. The number of hydrogen-bond donors (Lipinski definition) is 0. The Morgan fingerprint density at radius 2 is 2.23 bits per heavy atom. The van der Waals surface area contributed by atoms with Crippen molar-refractivity contribution in [3.63, 3.8) is 0 Å². The molecular formula is C17H19BrN2O2. The topological polar surface area (TPSA) is 44.1 Å². The van der Waals surface area contributed by atoms with Gasteiger partial charge in [-0.15, -0.1) is 0 Å². The van der Waals surface area contributed by atoms with E-state index in [-0.39, 0.29) is 17.4 Å². The van der Waals surface area contributed by atoms with E-state index in [1.54, 1.807) is 0 Å². The van der Waals surface area contributed by atoms with Gasteiger partial charge in [-0.1, -0.05) is 13.8 Å². The van der Waals surface area contributed by atoms with E-state index in [2.05, 4.69) is 27.1 Å². The maximum Gasteiger partial charge on any atom is 0.170 e. The molecule has 1 atom stereocenters. The Morgan fingerprint density at radius 1 is 1.41 bits per heavy atom. The van der Waals surface area contributed by atoms with Gasteiger partial charge >= 0.3 is 0 Å². The van der Waals surface area contributed by atoms with Gasteiger partial charge in [-0.05, 0) is 53.2 Å². The highest BCUT2D eigenvalue weighted by molar-refractivity contribution is 9.10. The van der Waals surface area contributed by atoms with E-state index < -0.39 is 0 Å². The molecule has 0 radical (unpaired) electrons. The summed E-state index contributed by atoms with van der Waals surface area (Å²) in [5.74, 6) is 0.220. The molecule has 0 spiro atoms. The first kappa shape index (κ1) is 14.4. The van der Waals surface area contributed by atoms with Crippen molar-refractivity contribution in [3.05, 3.63) is 27.9 Å². The Bertz CT molecular complexity index is 773. The average molecular weight is 363 g/mol. The van der Waals surface area contributed by atoms with Crippen LogP contribution in [0, 0.1) is 5.41 Å². The number of halogens is 1. The zero-order chi connectivity index (χ0) is 15.5. The van der Waals surface area contributed by atoms with Crippen molar-refractivity contribution in [2.45, 2.75) is 45.8 Å². The van der Waals surface area contributed by atoms with Crippen molar-refractivity contribution in [3.8, 4) is 0 Å². The number of hydrogen-bond acceptors (Lipinski definition) is 3. The predicted molar refractivity (Wildman–Crippen MR) is 88.1 cm³/mol. The number of carbonyl (C=O) groups excluding carboxylic acids is 1. The maximum atomic E-state index is 12.6. The summed E-state index contributed by atoms with van der Waals surface area (Å²) < 4.78 is 8.74. The van der Waals surface area contributed by atoms with Crippen LogP contribution >= 0.6 is 15.9 Å². The molecule has 0 N–H and O–H groups in total. The quantitative estimate of drug-likeness (QED) is 0.760. The van der Waals surface area contributed by atoms with Crippen molar-refractivity contribution < 1.29 is 9.53 Å². The predicted octanol–water partition coefficient (Wildman–Crippen LogP) is 4.26. The lowest BCUT2D eigenvalue weighted by molar-refractivity contribution is -0.0366. The van der Waals surface area contributed by atoms with Gasteiger partial charge in [0, 0.05) is 27.4 Å². The van der Waals surface area contributed by atoms with Gasteiger partial charge in [0.15, 0.2) is 12.0 Å². The molecule has 1 unspecified atom stereocenters. The highest BCUT2D eigenvalue weighted by Gasteiger charge is 2.40. The van der Waals surface area contributed by atoms with Crippen molar-refractivity contribution in [1.29, 1.82) is 0 Å². The molecule has 0 amide bonds. The van der Waals surface area contributed by atoms with Crippen molar-refractivity contribution in [1.82, 2.24) is 9.78 Å². The Kier molecular flexibility index (Phi) is 3.20. The van der Waals surface area contributed by atoms with Gasteiger partial charge in [0.25, 0.3) is 0 Å². The molecule has 1 saturated heterocycles. The average Bonchev–Trinajstić information content (AvgIpc) is 3.00. The zero-order valence-electron chi connectivity index (χ0n) is 12.9. The minimum atomic E-state index is -0.316. The molecular weight excluding hydrogens is 344 g/mol. The molecule has 5 heteroatoms. The molecule has 4 rings (SSSR count). The van der Waals surface area contributed by atoms with Crippen molar-refractivity contribution in [2.24, 2.45) is 5.41 Å². The van der Waals surface area contributed by atoms with Gasteiger partial charge in [0.2, 0.25) is 0 Å². The number of ether oxygens (including phenoxy) is 1. The Balaban J connectivity index is 1.88. The summed E-state index contributed by atoms with van der Waals surface area (Å²) >= 11 is 3.65. The molecule has 4 nitrogen and oxygen atoms in total. The van der Waals surface area contributed by atoms with Crippen molar-refractivity contribution in [2.75, 3.05) is 6.61 Å². The molecule has 1 aliphatic heterocycles. The number of nitrogens with zero attached hydrogens (tertiary/aromatic N) is 2. The van der Waals surface area contributed by atoms with Gasteiger partial charge in [0.05, 0.1) is 11.7 Å². The van der Waals surface area contributed by atoms with Crippen LogP contribution in [0.4, 0.5) is 0 Å². The molecule has 0 saturated carbocycles. The Morgan fingerprint density at radius 3 is 2.95 bits per heavy atom. The molecule has 1 aromatic carbocycles. The maximum absolute atomic E-state index is 12.6. The Labute approximate surface area is 138 Å². The van der Waals surface area contributed by atoms with Crippen LogP contribution < -0.4 is 0 Å². The third-order valence-electron chi connectivity index (χ3n) is 4.82. The second kappa shape index (κ2) is 4.90. The number of aromatic nitrogens is 2. The number of rotatable bonds is 1. The third-order valence-corrected chi connectivity index (χ3v) is 5.65. The van der Waals surface area contributed by atoms with E-state index in [1.165, 1.54) is 6.42 Å². The standard InChI is InChI=1S/C17H19BrN2O2/c1-17(2)8-10-7-12-11(15(18)14(10)16(17)21)9-19-20(12)13-5-3-4-6-22-13/h7,9,13H,3-6,8H2,1-2H3. The lowest BCUT2D eigenvalue weighted by Gasteiger charge is -2.23. The molecule has 1 aromatic heterocycles. The summed E-state index contributed by atoms with van der Waals surface area (Å²) in [6, 6.07) is 2.13. The van der Waals surface area contributed by atoms with Crippen LogP contribution in [0.15, 0.2) is 16.7 Å². The fourth-order valence-corrected chi connectivity index (χ4v) is 4.36. The molecule has 2 aromatic rings. The summed E-state index contributed by atoms with van der Waals surface area (Å²) in [5, 5.41) is 5.53. The molecule has 1 aliphatic carbocycles. The summed E-state index contributed by atoms with van der Waals surface area (Å²) in [5.41, 5.74) is 2.69. The summed E-state index contributed by atoms with van der Waals surface area (Å²) in [4.78, 5) is 12.6. The first-order chi connectivity index (χ1) is 10.5. The fourth-order valence-electron chi connectivity index (χ4n) is 3.62. The largest absolute Gasteiger partial charge is 0.356 e. The SMILES string of the molecule is CC1(C)Cc2cc3c(cnn3C3CCCCO3)c(Br)c2C1=O. The normalized spacial score (nSPS) is 24.0. The molecule has 2 aliphatic rings. The van der Waals surface area contributed by atoms with Crippen molar-refractivity contribution >= 4 is 32.6 Å². The van der Waals surface area contributed by atoms with E-state index in [0.717, 1.165) is 52.4 Å². The summed E-state index contributed by atoms with van der Waals surface area (Å²) in [7, 11) is 0. The van der Waals surface area contributed by atoms with Gasteiger partial charge in [-0.25, -0.2) is 4.68 Å². The molecule has 22 heavy (non-hydrogen) atoms. The van der Waals surface area contributed by atoms with E-state index in [9.17, 15) is 4.79 Å². The number of ketones is 1. The molecule has 116 valence electrons. The molecule has 0 bridgehead atoms. The van der Waals surface area contributed by atoms with Crippen LogP contribution in [0.2, 0.25) is 0 Å². The highest BCUT2D eigenvalue weighted by atomic mass is 79.9. The first-order valence-corrected chi connectivity index (χ1v) is 8.63. The van der Waals surface area contributed by atoms with Gasteiger partial charge < -0.3 is 4.74 Å². The first-order valence-electron chi connectivity index (χ1n) is 7.84. The second-order valence-electron chi connectivity index (χ2n) is 6.96. The minimum absolute atomic E-state index is 0.0151. The van der Waals surface area contributed by atoms with Crippen LogP contribution in [0.1, 0.15) is 55.3 Å². The number of carbonyl (C=O) groups is 1. The Hall–Kier alpha value is -1.20. The third kappa shape index (κ3) is 1.98. The number of Topliss-reactive ketones (excluding diaryl/α,β-unsaturated/α-hetero) is 1. The van der Waals surface area contributed by atoms with E-state index in [1.807, 2.05) is 24.7 Å². The van der Waals surface area contributed by atoms with Gasteiger partial charge in [-0.3, -0.25) is 4.79 Å².